The molecular formula is C16H9Cl3N4O5S. The summed E-state index contributed by atoms with van der Waals surface area (Å²) in [5.74, 6) is -0.149. The number of sulfonamides is 1. The van der Waals surface area contributed by atoms with Crippen LogP contribution in [0.3, 0.4) is 0 Å². The zero-order valence-electron chi connectivity index (χ0n) is 14.0. The predicted molar refractivity (Wildman–Crippen MR) is 107 cm³/mol. The van der Waals surface area contributed by atoms with Crippen molar-refractivity contribution in [2.75, 3.05) is 4.72 Å². The highest BCUT2D eigenvalue weighted by Gasteiger charge is 2.21. The number of hydrogen-bond acceptors (Lipinski definition) is 7. The van der Waals surface area contributed by atoms with Gasteiger partial charge in [-0.3, -0.25) is 10.1 Å². The molecule has 2 aromatic carbocycles. The molecule has 0 spiro atoms. The van der Waals surface area contributed by atoms with Gasteiger partial charge < -0.3 is 4.74 Å². The third-order valence-electron chi connectivity index (χ3n) is 3.41. The van der Waals surface area contributed by atoms with Gasteiger partial charge in [0, 0.05) is 24.5 Å². The molecule has 0 aliphatic rings. The lowest BCUT2D eigenvalue weighted by Crippen LogP contribution is -2.15. The van der Waals surface area contributed by atoms with Crippen molar-refractivity contribution in [2.45, 2.75) is 4.90 Å². The standard InChI is InChI=1S/C16H9Cl3N4O5S/c17-11-6-9(23(24)25)2-3-14(11)28-15-12(18)7-10(8-13(15)19)29(26,27)22-16-20-4-1-5-21-16/h1-8H,(H,20,21,22). The second kappa shape index (κ2) is 8.37. The fourth-order valence-electron chi connectivity index (χ4n) is 2.12. The molecule has 0 saturated heterocycles. The zero-order valence-corrected chi connectivity index (χ0v) is 17.1. The van der Waals surface area contributed by atoms with Gasteiger partial charge in [0.2, 0.25) is 5.95 Å². The smallest absolute Gasteiger partial charge is 0.271 e. The van der Waals surface area contributed by atoms with E-state index in [0.717, 1.165) is 18.2 Å². The Morgan fingerprint density at radius 3 is 2.17 bits per heavy atom. The Kier molecular flexibility index (Phi) is 6.08. The van der Waals surface area contributed by atoms with E-state index in [2.05, 4.69) is 14.7 Å². The number of rotatable bonds is 6. The van der Waals surface area contributed by atoms with Crippen molar-refractivity contribution in [3.8, 4) is 11.5 Å². The Morgan fingerprint density at radius 2 is 1.62 bits per heavy atom. The highest BCUT2D eigenvalue weighted by atomic mass is 35.5. The van der Waals surface area contributed by atoms with Crippen LogP contribution in [0.2, 0.25) is 15.1 Å². The minimum Gasteiger partial charge on any atom is -0.453 e. The summed E-state index contributed by atoms with van der Waals surface area (Å²) < 4.78 is 32.7. The number of nitrogens with zero attached hydrogens (tertiary/aromatic N) is 3. The van der Waals surface area contributed by atoms with E-state index >= 15 is 0 Å². The van der Waals surface area contributed by atoms with Crippen LogP contribution in [0.5, 0.6) is 11.5 Å². The van der Waals surface area contributed by atoms with Crippen molar-refractivity contribution in [3.63, 3.8) is 0 Å². The number of nitro groups is 1. The maximum Gasteiger partial charge on any atom is 0.271 e. The van der Waals surface area contributed by atoms with Gasteiger partial charge in [0.25, 0.3) is 15.7 Å². The van der Waals surface area contributed by atoms with E-state index in [9.17, 15) is 18.5 Å². The molecule has 0 radical (unpaired) electrons. The average molecular weight is 476 g/mol. The van der Waals surface area contributed by atoms with Crippen LogP contribution in [0.15, 0.2) is 53.7 Å². The second-order valence-electron chi connectivity index (χ2n) is 5.37. The van der Waals surface area contributed by atoms with Crippen molar-refractivity contribution in [1.82, 2.24) is 9.97 Å². The highest BCUT2D eigenvalue weighted by Crippen LogP contribution is 2.41. The van der Waals surface area contributed by atoms with E-state index in [1.54, 1.807) is 0 Å². The molecule has 3 aromatic rings. The lowest BCUT2D eigenvalue weighted by Gasteiger charge is -2.13. The molecule has 150 valence electrons. The quantitative estimate of drug-likeness (QED) is 0.395. The SMILES string of the molecule is O=[N+]([O-])c1ccc(Oc2c(Cl)cc(S(=O)(=O)Nc3ncccn3)cc2Cl)c(Cl)c1. The van der Waals surface area contributed by atoms with Crippen LogP contribution >= 0.6 is 34.8 Å². The van der Waals surface area contributed by atoms with Gasteiger partial charge in [-0.05, 0) is 24.3 Å². The number of ether oxygens (including phenoxy) is 1. The fraction of sp³-hybridized carbons (Fsp3) is 0. The molecule has 0 bridgehead atoms. The maximum atomic E-state index is 12.5. The van der Waals surface area contributed by atoms with E-state index in [0.29, 0.717) is 0 Å². The number of anilines is 1. The lowest BCUT2D eigenvalue weighted by atomic mass is 10.3. The van der Waals surface area contributed by atoms with Crippen LogP contribution in [-0.2, 0) is 10.0 Å². The summed E-state index contributed by atoms with van der Waals surface area (Å²) in [7, 11) is -4.07. The third kappa shape index (κ3) is 4.85. The molecule has 3 rings (SSSR count). The number of halogens is 3. The van der Waals surface area contributed by atoms with Gasteiger partial charge in [0.05, 0.1) is 24.9 Å². The average Bonchev–Trinajstić information content (AvgIpc) is 2.65. The Hall–Kier alpha value is -2.66. The molecule has 1 N–H and O–H groups in total. The molecule has 0 unspecified atom stereocenters. The summed E-state index contributed by atoms with van der Waals surface area (Å²) in [6.45, 7) is 0. The topological polar surface area (TPSA) is 124 Å². The van der Waals surface area contributed by atoms with E-state index in [1.165, 1.54) is 30.6 Å². The molecule has 29 heavy (non-hydrogen) atoms. The number of nitrogens with one attached hydrogen (secondary N) is 1. The molecule has 0 atom stereocenters. The molecule has 0 fully saturated rings. The summed E-state index contributed by atoms with van der Waals surface area (Å²) in [5, 5.41) is 10.5. The van der Waals surface area contributed by atoms with Crippen molar-refractivity contribution in [3.05, 3.63) is 74.0 Å². The van der Waals surface area contributed by atoms with Crippen molar-refractivity contribution in [1.29, 1.82) is 0 Å². The van der Waals surface area contributed by atoms with Gasteiger partial charge in [0.15, 0.2) is 5.75 Å². The number of aromatic nitrogens is 2. The van der Waals surface area contributed by atoms with Gasteiger partial charge in [0.1, 0.15) is 5.75 Å². The minimum absolute atomic E-state index is 0.0486. The van der Waals surface area contributed by atoms with Crippen molar-refractivity contribution in [2.24, 2.45) is 0 Å². The number of non-ortho nitro benzene ring substituents is 1. The van der Waals surface area contributed by atoms with E-state index in [-0.39, 0.29) is 43.1 Å². The van der Waals surface area contributed by atoms with Crippen LogP contribution in [0.4, 0.5) is 11.6 Å². The number of nitro benzene ring substituents is 1. The number of hydrogen-bond donors (Lipinski definition) is 1. The largest absolute Gasteiger partial charge is 0.453 e. The normalized spacial score (nSPS) is 11.1. The van der Waals surface area contributed by atoms with Crippen LogP contribution in [-0.4, -0.2) is 23.3 Å². The maximum absolute atomic E-state index is 12.5. The third-order valence-corrected chi connectivity index (χ3v) is 5.58. The Labute approximate surface area is 179 Å². The summed E-state index contributed by atoms with van der Waals surface area (Å²) in [5.41, 5.74) is -0.227. The van der Waals surface area contributed by atoms with Gasteiger partial charge in [-0.15, -0.1) is 0 Å². The fourth-order valence-corrected chi connectivity index (χ4v) is 4.03. The first-order valence-electron chi connectivity index (χ1n) is 7.58. The molecule has 0 amide bonds. The summed E-state index contributed by atoms with van der Waals surface area (Å²) in [4.78, 5) is 17.5. The molecule has 9 nitrogen and oxygen atoms in total. The first kappa shape index (κ1) is 21.1. The molecule has 0 saturated carbocycles. The van der Waals surface area contributed by atoms with Gasteiger partial charge >= 0.3 is 0 Å². The molecule has 1 heterocycles. The second-order valence-corrected chi connectivity index (χ2v) is 8.27. The first-order valence-corrected chi connectivity index (χ1v) is 10.2. The van der Waals surface area contributed by atoms with Crippen molar-refractivity contribution < 1.29 is 18.1 Å². The van der Waals surface area contributed by atoms with Crippen LogP contribution in [0, 0.1) is 10.1 Å². The van der Waals surface area contributed by atoms with Crippen molar-refractivity contribution >= 4 is 56.5 Å². The zero-order chi connectivity index (χ0) is 21.2. The molecular weight excluding hydrogens is 467 g/mol. The van der Waals surface area contributed by atoms with E-state index < -0.39 is 14.9 Å². The lowest BCUT2D eigenvalue weighted by molar-refractivity contribution is -0.384. The Morgan fingerprint density at radius 1 is 1.00 bits per heavy atom. The Bertz CT molecular complexity index is 1170. The summed E-state index contributed by atoms with van der Waals surface area (Å²) in [6.07, 6.45) is 2.74. The van der Waals surface area contributed by atoms with Crippen LogP contribution < -0.4 is 9.46 Å². The number of benzene rings is 2. The van der Waals surface area contributed by atoms with Gasteiger partial charge in [-0.25, -0.2) is 23.1 Å². The molecule has 0 aliphatic heterocycles. The van der Waals surface area contributed by atoms with Crippen LogP contribution in [0.1, 0.15) is 0 Å². The van der Waals surface area contributed by atoms with Crippen LogP contribution in [0.25, 0.3) is 0 Å². The van der Waals surface area contributed by atoms with E-state index in [4.69, 9.17) is 39.5 Å². The highest BCUT2D eigenvalue weighted by molar-refractivity contribution is 7.92. The molecule has 0 aliphatic carbocycles. The summed E-state index contributed by atoms with van der Waals surface area (Å²) in [6, 6.07) is 7.32. The predicted octanol–water partition coefficient (Wildman–Crippen LogP) is 4.94. The first-order chi connectivity index (χ1) is 13.7. The Balaban J connectivity index is 1.91. The van der Waals surface area contributed by atoms with E-state index in [1.807, 2.05) is 0 Å². The monoisotopic (exact) mass is 474 g/mol. The molecule has 1 aromatic heterocycles. The van der Waals surface area contributed by atoms with Gasteiger partial charge in [-0.2, -0.15) is 0 Å². The minimum atomic E-state index is -4.07. The summed E-state index contributed by atoms with van der Waals surface area (Å²) >= 11 is 18.3. The van der Waals surface area contributed by atoms with Gasteiger partial charge in [-0.1, -0.05) is 34.8 Å². The molecule has 13 heteroatoms.